The first-order chi connectivity index (χ1) is 17.4. The van der Waals surface area contributed by atoms with Crippen LogP contribution in [0.4, 0.5) is 5.69 Å². The van der Waals surface area contributed by atoms with Crippen molar-refractivity contribution in [3.8, 4) is 0 Å². The van der Waals surface area contributed by atoms with Crippen molar-refractivity contribution in [1.82, 2.24) is 10.2 Å². The van der Waals surface area contributed by atoms with Gasteiger partial charge in [-0.15, -0.1) is 0 Å². The van der Waals surface area contributed by atoms with Crippen LogP contribution in [0.3, 0.4) is 0 Å². The molecule has 2 amide bonds. The summed E-state index contributed by atoms with van der Waals surface area (Å²) in [7, 11) is -3.81. The molecule has 1 atom stereocenters. The molecule has 7 nitrogen and oxygen atoms in total. The monoisotopic (exact) mass is 567 g/mol. The number of carbonyl (C=O) groups excluding carboxylic acids is 2. The largest absolute Gasteiger partial charge is 0.352 e. The number of amides is 2. The average Bonchev–Trinajstić information content (AvgIpc) is 3.33. The predicted octanol–water partition coefficient (Wildman–Crippen LogP) is 5.24. The van der Waals surface area contributed by atoms with Gasteiger partial charge in [-0.1, -0.05) is 61.2 Å². The molecular weight excluding hydrogens is 533 g/mol. The molecule has 1 aliphatic rings. The van der Waals surface area contributed by atoms with Crippen LogP contribution in [0.25, 0.3) is 0 Å². The van der Waals surface area contributed by atoms with Gasteiger partial charge in [-0.2, -0.15) is 0 Å². The molecule has 202 valence electrons. The lowest BCUT2D eigenvalue weighted by Crippen LogP contribution is -2.53. The highest BCUT2D eigenvalue weighted by Crippen LogP contribution is 2.29. The highest BCUT2D eigenvalue weighted by molar-refractivity contribution is 7.92. The van der Waals surface area contributed by atoms with E-state index in [1.54, 1.807) is 30.3 Å². The van der Waals surface area contributed by atoms with E-state index < -0.39 is 28.5 Å². The Balaban J connectivity index is 2.00. The lowest BCUT2D eigenvalue weighted by Gasteiger charge is -2.34. The molecule has 0 radical (unpaired) electrons. The van der Waals surface area contributed by atoms with Gasteiger partial charge in [0, 0.05) is 28.2 Å². The summed E-state index contributed by atoms with van der Waals surface area (Å²) in [5.41, 5.74) is 2.59. The third kappa shape index (κ3) is 7.18. The molecule has 0 saturated heterocycles. The zero-order chi connectivity index (χ0) is 27.3. The van der Waals surface area contributed by atoms with Gasteiger partial charge in [0.25, 0.3) is 0 Å². The molecule has 0 aromatic heterocycles. The van der Waals surface area contributed by atoms with Crippen LogP contribution < -0.4 is 9.62 Å². The number of carbonyl (C=O) groups is 2. The third-order valence-corrected chi connectivity index (χ3v) is 8.84. The second kappa shape index (κ2) is 12.5. The van der Waals surface area contributed by atoms with E-state index in [1.165, 1.54) is 4.90 Å². The minimum absolute atomic E-state index is 0.0294. The van der Waals surface area contributed by atoms with Gasteiger partial charge in [0.2, 0.25) is 21.8 Å². The molecule has 2 aromatic rings. The van der Waals surface area contributed by atoms with Crippen molar-refractivity contribution in [2.75, 3.05) is 17.1 Å². The van der Waals surface area contributed by atoms with Crippen molar-refractivity contribution in [1.29, 1.82) is 0 Å². The van der Waals surface area contributed by atoms with E-state index in [2.05, 4.69) is 5.32 Å². The maximum atomic E-state index is 13.9. The van der Waals surface area contributed by atoms with Crippen LogP contribution in [-0.4, -0.2) is 50.0 Å². The fourth-order valence-corrected chi connectivity index (χ4v) is 6.16. The summed E-state index contributed by atoms with van der Waals surface area (Å²) in [5, 5.41) is 3.81. The number of anilines is 1. The van der Waals surface area contributed by atoms with Crippen LogP contribution in [0.1, 0.15) is 55.7 Å². The number of aryl methyl sites for hydroxylation is 1. The number of halogens is 2. The van der Waals surface area contributed by atoms with Crippen molar-refractivity contribution in [3.63, 3.8) is 0 Å². The van der Waals surface area contributed by atoms with Crippen molar-refractivity contribution >= 4 is 50.7 Å². The maximum absolute atomic E-state index is 13.9. The van der Waals surface area contributed by atoms with E-state index in [0.29, 0.717) is 27.7 Å². The number of nitrogens with zero attached hydrogens (tertiary/aromatic N) is 2. The lowest BCUT2D eigenvalue weighted by molar-refractivity contribution is -0.140. The summed E-state index contributed by atoms with van der Waals surface area (Å²) in [6.07, 6.45) is 5.33. The average molecular weight is 569 g/mol. The maximum Gasteiger partial charge on any atom is 0.244 e. The Morgan fingerprint density at radius 2 is 1.65 bits per heavy atom. The van der Waals surface area contributed by atoms with E-state index in [0.717, 1.165) is 47.4 Å². The molecule has 0 heterocycles. The Kier molecular flexibility index (Phi) is 9.89. The zero-order valence-corrected chi connectivity index (χ0v) is 24.1. The molecule has 3 rings (SSSR count). The molecule has 37 heavy (non-hydrogen) atoms. The fraction of sp³-hybridized carbons (Fsp3) is 0.481. The van der Waals surface area contributed by atoms with Crippen LogP contribution in [0.5, 0.6) is 0 Å². The molecule has 0 unspecified atom stereocenters. The smallest absolute Gasteiger partial charge is 0.244 e. The van der Waals surface area contributed by atoms with Gasteiger partial charge < -0.3 is 10.2 Å². The van der Waals surface area contributed by atoms with Crippen LogP contribution in [0.15, 0.2) is 36.4 Å². The summed E-state index contributed by atoms with van der Waals surface area (Å²) in [6, 6.07) is 9.61. The molecule has 1 saturated carbocycles. The first-order valence-electron chi connectivity index (χ1n) is 12.5. The van der Waals surface area contributed by atoms with E-state index in [-0.39, 0.29) is 18.5 Å². The number of sulfonamides is 1. The molecule has 10 heteroatoms. The number of benzene rings is 2. The number of nitrogens with one attached hydrogen (secondary N) is 1. The third-order valence-electron chi connectivity index (χ3n) is 7.00. The second-order valence-electron chi connectivity index (χ2n) is 9.62. The van der Waals surface area contributed by atoms with Gasteiger partial charge in [0.15, 0.2) is 0 Å². The Morgan fingerprint density at radius 1 is 1.05 bits per heavy atom. The standard InChI is InChI=1S/C27H35Cl2N3O4S/c1-5-24(27(34)30-20-11-6-7-12-20)31(16-21-22(28)13-9-14-23(21)29)26(33)17-32(37(4,35)36)25-15-8-10-18(2)19(25)3/h8-10,13-15,20,24H,5-7,11-12,16-17H2,1-4H3,(H,30,34)/t24-/m0/s1. The first-order valence-corrected chi connectivity index (χ1v) is 15.1. The predicted molar refractivity (Wildman–Crippen MR) is 150 cm³/mol. The quantitative estimate of drug-likeness (QED) is 0.425. The fourth-order valence-electron chi connectivity index (χ4n) is 4.74. The summed E-state index contributed by atoms with van der Waals surface area (Å²) in [5.74, 6) is -0.778. The van der Waals surface area contributed by atoms with Gasteiger partial charge in [-0.3, -0.25) is 13.9 Å². The summed E-state index contributed by atoms with van der Waals surface area (Å²) in [6.45, 7) is 5.04. The SMILES string of the molecule is CC[C@@H](C(=O)NC1CCCC1)N(Cc1c(Cl)cccc1Cl)C(=O)CN(c1cccc(C)c1C)S(C)(=O)=O. The topological polar surface area (TPSA) is 86.8 Å². The van der Waals surface area contributed by atoms with Crippen LogP contribution in [0, 0.1) is 13.8 Å². The van der Waals surface area contributed by atoms with Crippen molar-refractivity contribution in [2.24, 2.45) is 0 Å². The molecule has 0 spiro atoms. The van der Waals surface area contributed by atoms with Crippen molar-refractivity contribution in [2.45, 2.75) is 71.5 Å². The minimum atomic E-state index is -3.81. The van der Waals surface area contributed by atoms with E-state index >= 15 is 0 Å². The summed E-state index contributed by atoms with van der Waals surface area (Å²) in [4.78, 5) is 28.7. The highest BCUT2D eigenvalue weighted by Gasteiger charge is 2.34. The van der Waals surface area contributed by atoms with Gasteiger partial charge >= 0.3 is 0 Å². The van der Waals surface area contributed by atoms with E-state index in [9.17, 15) is 18.0 Å². The number of hydrogen-bond acceptors (Lipinski definition) is 4. The first kappa shape index (κ1) is 29.3. The molecular formula is C27H35Cl2N3O4S. The number of rotatable bonds is 10. The van der Waals surface area contributed by atoms with Crippen LogP contribution in [0.2, 0.25) is 10.0 Å². The van der Waals surface area contributed by atoms with E-state index in [4.69, 9.17) is 23.2 Å². The molecule has 0 aliphatic heterocycles. The van der Waals surface area contributed by atoms with Gasteiger partial charge in [0.1, 0.15) is 12.6 Å². The Bertz CT molecular complexity index is 1230. The summed E-state index contributed by atoms with van der Waals surface area (Å²) < 4.78 is 26.8. The van der Waals surface area contributed by atoms with Gasteiger partial charge in [0.05, 0.1) is 11.9 Å². The molecule has 1 fully saturated rings. The minimum Gasteiger partial charge on any atom is -0.352 e. The van der Waals surface area contributed by atoms with E-state index in [1.807, 2.05) is 26.8 Å². The van der Waals surface area contributed by atoms with Gasteiger partial charge in [-0.05, 0) is 62.4 Å². The second-order valence-corrected chi connectivity index (χ2v) is 12.3. The molecule has 1 aliphatic carbocycles. The van der Waals surface area contributed by atoms with Crippen LogP contribution in [-0.2, 0) is 26.2 Å². The Labute approximate surface area is 230 Å². The summed E-state index contributed by atoms with van der Waals surface area (Å²) >= 11 is 12.9. The van der Waals surface area contributed by atoms with Crippen LogP contribution >= 0.6 is 23.2 Å². The molecule has 2 aromatic carbocycles. The molecule has 0 bridgehead atoms. The Morgan fingerprint density at radius 3 is 2.22 bits per heavy atom. The number of hydrogen-bond donors (Lipinski definition) is 1. The zero-order valence-electron chi connectivity index (χ0n) is 21.8. The molecule has 1 N–H and O–H groups in total. The Hall–Kier alpha value is -2.29. The van der Waals surface area contributed by atoms with Gasteiger partial charge in [-0.25, -0.2) is 8.42 Å². The lowest BCUT2D eigenvalue weighted by atomic mass is 10.1. The normalized spacial score (nSPS) is 14.9. The highest BCUT2D eigenvalue weighted by atomic mass is 35.5. The van der Waals surface area contributed by atoms with Crippen molar-refractivity contribution in [3.05, 3.63) is 63.1 Å². The van der Waals surface area contributed by atoms with Crippen molar-refractivity contribution < 1.29 is 18.0 Å².